The van der Waals surface area contributed by atoms with Crippen molar-refractivity contribution >= 4 is 6.09 Å². The molecule has 5 heteroatoms. The molecular formula is C18H21N3O2. The number of cyclic esters (lactones) is 1. The van der Waals surface area contributed by atoms with Gasteiger partial charge in [0, 0.05) is 18.0 Å². The SMILES string of the molecule is CC1OC(=O)N(Cc2ccccc2)C1(c1cccnc1)N(C)C. The summed E-state index contributed by atoms with van der Waals surface area (Å²) in [4.78, 5) is 20.6. The topological polar surface area (TPSA) is 45.7 Å². The Kier molecular flexibility index (Phi) is 4.05. The Balaban J connectivity index is 2.09. The van der Waals surface area contributed by atoms with Crippen molar-refractivity contribution in [3.05, 3.63) is 66.0 Å². The van der Waals surface area contributed by atoms with Crippen molar-refractivity contribution in [1.29, 1.82) is 0 Å². The highest BCUT2D eigenvalue weighted by atomic mass is 16.6. The van der Waals surface area contributed by atoms with Gasteiger partial charge in [-0.3, -0.25) is 14.8 Å². The maximum absolute atomic E-state index is 12.5. The number of hydrogen-bond acceptors (Lipinski definition) is 4. The van der Waals surface area contributed by atoms with Crippen LogP contribution in [-0.2, 0) is 16.9 Å². The van der Waals surface area contributed by atoms with Crippen LogP contribution in [0.3, 0.4) is 0 Å². The molecule has 1 aliphatic heterocycles. The molecule has 1 fully saturated rings. The van der Waals surface area contributed by atoms with E-state index < -0.39 is 5.66 Å². The highest BCUT2D eigenvalue weighted by Crippen LogP contribution is 2.42. The summed E-state index contributed by atoms with van der Waals surface area (Å²) >= 11 is 0. The van der Waals surface area contributed by atoms with Crippen LogP contribution in [0.1, 0.15) is 18.1 Å². The van der Waals surface area contributed by atoms with Gasteiger partial charge in [0.15, 0.2) is 5.66 Å². The molecule has 0 radical (unpaired) electrons. The van der Waals surface area contributed by atoms with Crippen LogP contribution in [0.2, 0.25) is 0 Å². The second kappa shape index (κ2) is 6.01. The van der Waals surface area contributed by atoms with Crippen LogP contribution in [0.25, 0.3) is 0 Å². The van der Waals surface area contributed by atoms with E-state index in [1.165, 1.54) is 0 Å². The largest absolute Gasteiger partial charge is 0.442 e. The van der Waals surface area contributed by atoms with Gasteiger partial charge in [-0.05, 0) is 32.6 Å². The summed E-state index contributed by atoms with van der Waals surface area (Å²) in [6.07, 6.45) is 2.92. The van der Waals surface area contributed by atoms with Crippen molar-refractivity contribution < 1.29 is 9.53 Å². The minimum absolute atomic E-state index is 0.307. The molecule has 1 amide bonds. The maximum atomic E-state index is 12.5. The van der Waals surface area contributed by atoms with Crippen molar-refractivity contribution in [2.24, 2.45) is 0 Å². The zero-order valence-electron chi connectivity index (χ0n) is 13.6. The Morgan fingerprint density at radius 3 is 2.57 bits per heavy atom. The van der Waals surface area contributed by atoms with Gasteiger partial charge in [0.05, 0.1) is 6.54 Å². The number of ether oxygens (including phenoxy) is 1. The number of amides is 1. The predicted octanol–water partition coefficient (Wildman–Crippen LogP) is 2.84. The van der Waals surface area contributed by atoms with E-state index in [0.717, 1.165) is 11.1 Å². The van der Waals surface area contributed by atoms with E-state index in [9.17, 15) is 4.79 Å². The highest BCUT2D eigenvalue weighted by Gasteiger charge is 2.56. The molecule has 23 heavy (non-hydrogen) atoms. The van der Waals surface area contributed by atoms with Gasteiger partial charge in [-0.1, -0.05) is 36.4 Å². The van der Waals surface area contributed by atoms with Crippen LogP contribution in [0.4, 0.5) is 4.79 Å². The number of pyridine rings is 1. The van der Waals surface area contributed by atoms with Gasteiger partial charge < -0.3 is 4.74 Å². The third-order valence-corrected chi connectivity index (χ3v) is 4.43. The molecule has 5 nitrogen and oxygen atoms in total. The molecule has 1 aromatic heterocycles. The first kappa shape index (κ1) is 15.5. The molecular weight excluding hydrogens is 290 g/mol. The van der Waals surface area contributed by atoms with Crippen LogP contribution in [0, 0.1) is 0 Å². The van der Waals surface area contributed by atoms with Gasteiger partial charge in [-0.25, -0.2) is 4.79 Å². The van der Waals surface area contributed by atoms with Crippen molar-refractivity contribution in [3.63, 3.8) is 0 Å². The number of benzene rings is 1. The second-order valence-corrected chi connectivity index (χ2v) is 5.96. The normalized spacial score (nSPS) is 24.1. The summed E-state index contributed by atoms with van der Waals surface area (Å²) < 4.78 is 5.60. The molecule has 0 saturated carbocycles. The molecule has 1 aromatic carbocycles. The van der Waals surface area contributed by atoms with E-state index in [4.69, 9.17) is 4.74 Å². The average Bonchev–Trinajstić information content (AvgIpc) is 2.80. The lowest BCUT2D eigenvalue weighted by Gasteiger charge is -2.43. The summed E-state index contributed by atoms with van der Waals surface area (Å²) in [6, 6.07) is 13.8. The third kappa shape index (κ3) is 2.47. The van der Waals surface area contributed by atoms with Gasteiger partial charge in [-0.2, -0.15) is 0 Å². The molecule has 0 N–H and O–H groups in total. The van der Waals surface area contributed by atoms with Gasteiger partial charge in [0.1, 0.15) is 6.10 Å². The number of rotatable bonds is 4. The fourth-order valence-electron chi connectivity index (χ4n) is 3.44. The average molecular weight is 311 g/mol. The smallest absolute Gasteiger partial charge is 0.412 e. The zero-order valence-corrected chi connectivity index (χ0v) is 13.6. The van der Waals surface area contributed by atoms with Crippen molar-refractivity contribution in [2.75, 3.05) is 14.1 Å². The molecule has 2 aromatic rings. The maximum Gasteiger partial charge on any atom is 0.412 e. The monoisotopic (exact) mass is 311 g/mol. The Bertz CT molecular complexity index is 675. The van der Waals surface area contributed by atoms with E-state index in [0.29, 0.717) is 6.54 Å². The number of carbonyl (C=O) groups excluding carboxylic acids is 1. The first-order valence-corrected chi connectivity index (χ1v) is 7.67. The fraction of sp³-hybridized carbons (Fsp3) is 0.333. The zero-order chi connectivity index (χ0) is 16.4. The number of carbonyl (C=O) groups is 1. The van der Waals surface area contributed by atoms with E-state index in [1.807, 2.05) is 68.4 Å². The van der Waals surface area contributed by atoms with Crippen LogP contribution in [0.5, 0.6) is 0 Å². The lowest BCUT2D eigenvalue weighted by molar-refractivity contribution is -0.0227. The lowest BCUT2D eigenvalue weighted by Crippen LogP contribution is -2.57. The van der Waals surface area contributed by atoms with Gasteiger partial charge in [0.2, 0.25) is 0 Å². The Labute approximate surface area is 136 Å². The minimum Gasteiger partial charge on any atom is -0.442 e. The van der Waals surface area contributed by atoms with E-state index in [1.54, 1.807) is 17.3 Å². The summed E-state index contributed by atoms with van der Waals surface area (Å²) in [5.41, 5.74) is 1.33. The van der Waals surface area contributed by atoms with Crippen LogP contribution in [0.15, 0.2) is 54.9 Å². The molecule has 0 bridgehead atoms. The van der Waals surface area contributed by atoms with E-state index >= 15 is 0 Å². The molecule has 1 saturated heterocycles. The standard InChI is InChI=1S/C18H21N3O2/c1-14-18(20(2)3,16-10-7-11-19-12-16)21(17(22)23-14)13-15-8-5-4-6-9-15/h4-12,14H,13H2,1-3H3. The summed E-state index contributed by atoms with van der Waals surface area (Å²) in [7, 11) is 3.92. The number of aromatic nitrogens is 1. The van der Waals surface area contributed by atoms with Crippen LogP contribution < -0.4 is 0 Å². The molecule has 3 rings (SSSR count). The van der Waals surface area contributed by atoms with Gasteiger partial charge in [0.25, 0.3) is 0 Å². The predicted molar refractivity (Wildman–Crippen MR) is 87.5 cm³/mol. The third-order valence-electron chi connectivity index (χ3n) is 4.43. The number of likely N-dealkylation sites (N-methyl/N-ethyl adjacent to an activating group) is 1. The molecule has 2 atom stereocenters. The van der Waals surface area contributed by atoms with Crippen LogP contribution in [-0.4, -0.2) is 41.1 Å². The summed E-state index contributed by atoms with van der Waals surface area (Å²) in [5.74, 6) is 0. The Hall–Kier alpha value is -2.40. The number of hydrogen-bond donors (Lipinski definition) is 0. The van der Waals surface area contributed by atoms with Crippen molar-refractivity contribution in [1.82, 2.24) is 14.8 Å². The van der Waals surface area contributed by atoms with Gasteiger partial charge >= 0.3 is 6.09 Å². The second-order valence-electron chi connectivity index (χ2n) is 5.96. The Morgan fingerprint density at radius 2 is 1.96 bits per heavy atom. The summed E-state index contributed by atoms with van der Waals surface area (Å²) in [6.45, 7) is 2.41. The van der Waals surface area contributed by atoms with Gasteiger partial charge in [-0.15, -0.1) is 0 Å². The fourth-order valence-corrected chi connectivity index (χ4v) is 3.44. The quantitative estimate of drug-likeness (QED) is 0.871. The van der Waals surface area contributed by atoms with Crippen molar-refractivity contribution in [2.45, 2.75) is 25.2 Å². The molecule has 1 aliphatic rings. The molecule has 0 spiro atoms. The van der Waals surface area contributed by atoms with Crippen LogP contribution >= 0.6 is 0 Å². The van der Waals surface area contributed by atoms with Crippen molar-refractivity contribution in [3.8, 4) is 0 Å². The van der Waals surface area contributed by atoms with E-state index in [-0.39, 0.29) is 12.2 Å². The van der Waals surface area contributed by atoms with E-state index in [2.05, 4.69) is 4.98 Å². The Morgan fingerprint density at radius 1 is 1.22 bits per heavy atom. The molecule has 2 unspecified atom stereocenters. The summed E-state index contributed by atoms with van der Waals surface area (Å²) in [5, 5.41) is 0. The first-order valence-electron chi connectivity index (χ1n) is 7.67. The minimum atomic E-state index is -0.679. The number of nitrogens with zero attached hydrogens (tertiary/aromatic N) is 3. The first-order chi connectivity index (χ1) is 11.1. The molecule has 120 valence electrons. The lowest BCUT2D eigenvalue weighted by atomic mass is 9.92. The molecule has 0 aliphatic carbocycles. The molecule has 2 heterocycles. The highest BCUT2D eigenvalue weighted by molar-refractivity contribution is 5.72.